The summed E-state index contributed by atoms with van der Waals surface area (Å²) in [6.45, 7) is 3.47. The first kappa shape index (κ1) is 25.1. The molecule has 0 bridgehead atoms. The van der Waals surface area contributed by atoms with Crippen LogP contribution >= 0.6 is 23.2 Å². The molecule has 3 aromatic rings. The number of carbonyl (C=O) groups is 3. The van der Waals surface area contributed by atoms with Crippen LogP contribution in [0.15, 0.2) is 66.7 Å². The van der Waals surface area contributed by atoms with Gasteiger partial charge in [-0.3, -0.25) is 4.79 Å². The van der Waals surface area contributed by atoms with Crippen LogP contribution in [-0.2, 0) is 4.79 Å². The fourth-order valence-corrected chi connectivity index (χ4v) is 3.53. The first-order valence-electron chi connectivity index (χ1n) is 10.4. The van der Waals surface area contributed by atoms with Crippen molar-refractivity contribution in [3.05, 3.63) is 82.3 Å². The van der Waals surface area contributed by atoms with Gasteiger partial charge in [-0.25, -0.2) is 9.59 Å². The molecule has 0 saturated heterocycles. The summed E-state index contributed by atoms with van der Waals surface area (Å²) in [5, 5.41) is 17.8. The molecule has 3 aromatic carbocycles. The van der Waals surface area contributed by atoms with E-state index in [0.29, 0.717) is 22.0 Å². The third kappa shape index (κ3) is 6.27. The van der Waals surface area contributed by atoms with Gasteiger partial charge >= 0.3 is 12.0 Å². The summed E-state index contributed by atoms with van der Waals surface area (Å²) in [5.74, 6) is -1.76. The van der Waals surface area contributed by atoms with Crippen molar-refractivity contribution in [1.82, 2.24) is 5.32 Å². The Morgan fingerprint density at radius 1 is 0.824 bits per heavy atom. The lowest BCUT2D eigenvalue weighted by Crippen LogP contribution is -2.44. The number of amides is 3. The molecule has 9 heteroatoms. The van der Waals surface area contributed by atoms with Crippen LogP contribution in [0.5, 0.6) is 0 Å². The highest BCUT2D eigenvalue weighted by atomic mass is 35.5. The summed E-state index contributed by atoms with van der Waals surface area (Å²) in [5.41, 5.74) is 3.07. The van der Waals surface area contributed by atoms with Gasteiger partial charge in [-0.05, 0) is 53.4 Å². The second-order valence-corrected chi connectivity index (χ2v) is 8.65. The van der Waals surface area contributed by atoms with Crippen LogP contribution in [0.3, 0.4) is 0 Å². The van der Waals surface area contributed by atoms with Gasteiger partial charge in [0.05, 0.1) is 15.7 Å². The van der Waals surface area contributed by atoms with Crippen molar-refractivity contribution in [1.29, 1.82) is 0 Å². The number of hydrogen-bond donors (Lipinski definition) is 4. The lowest BCUT2D eigenvalue weighted by Gasteiger charge is -2.18. The average molecular weight is 500 g/mol. The van der Waals surface area contributed by atoms with Crippen molar-refractivity contribution < 1.29 is 19.5 Å². The lowest BCUT2D eigenvalue weighted by atomic mass is 10.0. The number of carboxylic acid groups (broad SMARTS) is 1. The Balaban J connectivity index is 1.63. The molecule has 0 unspecified atom stereocenters. The van der Waals surface area contributed by atoms with Crippen LogP contribution < -0.4 is 16.0 Å². The molecule has 34 heavy (non-hydrogen) atoms. The zero-order valence-electron chi connectivity index (χ0n) is 18.4. The van der Waals surface area contributed by atoms with Crippen LogP contribution in [0.2, 0.25) is 10.0 Å². The number of hydrogen-bond acceptors (Lipinski definition) is 3. The number of anilines is 2. The van der Waals surface area contributed by atoms with E-state index < -0.39 is 23.9 Å². The van der Waals surface area contributed by atoms with Gasteiger partial charge in [0, 0.05) is 11.3 Å². The van der Waals surface area contributed by atoms with Gasteiger partial charge < -0.3 is 21.1 Å². The Labute approximate surface area is 207 Å². The first-order chi connectivity index (χ1) is 16.2. The molecule has 3 amide bonds. The number of benzene rings is 3. The number of halogens is 2. The quantitative estimate of drug-likeness (QED) is 0.312. The summed E-state index contributed by atoms with van der Waals surface area (Å²) in [7, 11) is 0. The monoisotopic (exact) mass is 499 g/mol. The molecule has 0 spiro atoms. The molecule has 0 radical (unpaired) electrons. The van der Waals surface area contributed by atoms with Crippen LogP contribution in [0, 0.1) is 5.92 Å². The molecular formula is C25H23Cl2N3O4. The Morgan fingerprint density at radius 3 is 1.97 bits per heavy atom. The molecule has 0 fully saturated rings. The predicted molar refractivity (Wildman–Crippen MR) is 135 cm³/mol. The fourth-order valence-electron chi connectivity index (χ4n) is 3.18. The zero-order chi connectivity index (χ0) is 24.8. The van der Waals surface area contributed by atoms with Gasteiger partial charge in [0.2, 0.25) is 0 Å². The first-order valence-corrected chi connectivity index (χ1v) is 11.2. The minimum absolute atomic E-state index is 0.239. The molecule has 0 aliphatic rings. The number of urea groups is 1. The second-order valence-electron chi connectivity index (χ2n) is 7.87. The molecule has 4 N–H and O–H groups in total. The number of carboxylic acids is 1. The molecule has 0 saturated carbocycles. The van der Waals surface area contributed by atoms with E-state index in [4.69, 9.17) is 23.2 Å². The summed E-state index contributed by atoms with van der Waals surface area (Å²) in [6.07, 6.45) is 0. The average Bonchev–Trinajstić information content (AvgIpc) is 2.80. The third-order valence-electron chi connectivity index (χ3n) is 5.04. The summed E-state index contributed by atoms with van der Waals surface area (Å²) >= 11 is 12.0. The van der Waals surface area contributed by atoms with Crippen molar-refractivity contribution in [3.8, 4) is 11.1 Å². The van der Waals surface area contributed by atoms with Gasteiger partial charge in [0.25, 0.3) is 5.91 Å². The van der Waals surface area contributed by atoms with Gasteiger partial charge in [0.1, 0.15) is 6.04 Å². The molecule has 7 nitrogen and oxygen atoms in total. The van der Waals surface area contributed by atoms with Crippen LogP contribution in [0.1, 0.15) is 24.2 Å². The van der Waals surface area contributed by atoms with E-state index >= 15 is 0 Å². The maximum atomic E-state index is 12.4. The Kier molecular flexibility index (Phi) is 8.15. The van der Waals surface area contributed by atoms with Crippen LogP contribution in [0.4, 0.5) is 16.2 Å². The number of carbonyl (C=O) groups excluding carboxylic acids is 2. The van der Waals surface area contributed by atoms with Gasteiger partial charge in [-0.2, -0.15) is 0 Å². The van der Waals surface area contributed by atoms with Crippen molar-refractivity contribution in [2.75, 3.05) is 10.6 Å². The van der Waals surface area contributed by atoms with Gasteiger partial charge in [-0.1, -0.05) is 67.4 Å². The third-order valence-corrected chi connectivity index (χ3v) is 5.86. The number of rotatable bonds is 7. The number of nitrogens with one attached hydrogen (secondary N) is 3. The Morgan fingerprint density at radius 2 is 1.41 bits per heavy atom. The normalized spacial score (nSPS) is 11.6. The topological polar surface area (TPSA) is 108 Å². The molecule has 0 aliphatic heterocycles. The zero-order valence-corrected chi connectivity index (χ0v) is 19.9. The van der Waals surface area contributed by atoms with E-state index in [0.717, 1.165) is 11.1 Å². The maximum absolute atomic E-state index is 12.4. The Bertz CT molecular complexity index is 1200. The van der Waals surface area contributed by atoms with Gasteiger partial charge in [-0.15, -0.1) is 0 Å². The molecule has 1 atom stereocenters. The van der Waals surface area contributed by atoms with Crippen LogP contribution in [-0.4, -0.2) is 29.1 Å². The van der Waals surface area contributed by atoms with E-state index in [1.54, 1.807) is 68.4 Å². The molecule has 176 valence electrons. The number of aliphatic carboxylic acids is 1. The largest absolute Gasteiger partial charge is 0.480 e. The molecule has 0 heterocycles. The van der Waals surface area contributed by atoms with Crippen molar-refractivity contribution in [2.24, 2.45) is 5.92 Å². The molecule has 0 aliphatic carbocycles. The molecule has 0 aromatic heterocycles. The second kappa shape index (κ2) is 11.0. The summed E-state index contributed by atoms with van der Waals surface area (Å²) in [6, 6.07) is 17.5. The van der Waals surface area contributed by atoms with E-state index in [-0.39, 0.29) is 10.9 Å². The SMILES string of the molecule is CC(C)[C@H](NC(=O)c1ccc(-c2ccc(NC(=O)Nc3cccc(Cl)c3Cl)cc2)cc1)C(=O)O. The fraction of sp³-hybridized carbons (Fsp3) is 0.160. The van der Waals surface area contributed by atoms with E-state index in [1.165, 1.54) is 0 Å². The van der Waals surface area contributed by atoms with Crippen molar-refractivity contribution >= 4 is 52.5 Å². The highest BCUT2D eigenvalue weighted by Gasteiger charge is 2.23. The van der Waals surface area contributed by atoms with E-state index in [9.17, 15) is 19.5 Å². The lowest BCUT2D eigenvalue weighted by molar-refractivity contribution is -0.140. The minimum Gasteiger partial charge on any atom is -0.480 e. The smallest absolute Gasteiger partial charge is 0.326 e. The summed E-state index contributed by atoms with van der Waals surface area (Å²) in [4.78, 5) is 36.0. The van der Waals surface area contributed by atoms with E-state index in [2.05, 4.69) is 16.0 Å². The highest BCUT2D eigenvalue weighted by molar-refractivity contribution is 6.44. The highest BCUT2D eigenvalue weighted by Crippen LogP contribution is 2.29. The standard InChI is InChI=1S/C25H23Cl2N3O4/c1-14(2)22(24(32)33)30-23(31)17-8-6-15(7-9-17)16-10-12-18(13-11-16)28-25(34)29-20-5-3-4-19(26)21(20)27/h3-14,22H,1-2H3,(H,30,31)(H,32,33)(H2,28,29,34)/t22-/m0/s1. The predicted octanol–water partition coefficient (Wildman–Crippen LogP) is 6.14. The minimum atomic E-state index is -1.07. The van der Waals surface area contributed by atoms with Crippen molar-refractivity contribution in [2.45, 2.75) is 19.9 Å². The maximum Gasteiger partial charge on any atom is 0.326 e. The van der Waals surface area contributed by atoms with E-state index in [1.807, 2.05) is 12.1 Å². The Hall–Kier alpha value is -3.55. The summed E-state index contributed by atoms with van der Waals surface area (Å²) < 4.78 is 0. The van der Waals surface area contributed by atoms with Crippen molar-refractivity contribution in [3.63, 3.8) is 0 Å². The van der Waals surface area contributed by atoms with Gasteiger partial charge in [0.15, 0.2) is 0 Å². The van der Waals surface area contributed by atoms with Crippen LogP contribution in [0.25, 0.3) is 11.1 Å². The molecular weight excluding hydrogens is 477 g/mol. The molecule has 3 rings (SSSR count).